The Balaban J connectivity index is 0.978. The topological polar surface area (TPSA) is 159 Å². The van der Waals surface area contributed by atoms with Gasteiger partial charge in [-0.2, -0.15) is 0 Å². The quantitative estimate of drug-likeness (QED) is 0.0697. The van der Waals surface area contributed by atoms with E-state index in [0.29, 0.717) is 47.0 Å². The second-order valence-corrected chi connectivity index (χ2v) is 23.7. The zero-order valence-electron chi connectivity index (χ0n) is 34.4. The Morgan fingerprint density at radius 1 is 1.02 bits per heavy atom. The number of aliphatic carboxylic acids is 1. The summed E-state index contributed by atoms with van der Waals surface area (Å²) in [5, 5.41) is 29.1. The number of ether oxygens (including phenoxy) is 1. The fourth-order valence-corrected chi connectivity index (χ4v) is 10.9. The Kier molecular flexibility index (Phi) is 12.6. The highest BCUT2D eigenvalue weighted by molar-refractivity contribution is 7.12. The van der Waals surface area contributed by atoms with Crippen molar-refractivity contribution in [1.82, 2.24) is 19.8 Å². The van der Waals surface area contributed by atoms with E-state index in [1.165, 1.54) is 28.7 Å². The van der Waals surface area contributed by atoms with Crippen molar-refractivity contribution in [2.45, 2.75) is 102 Å². The molecule has 6 aromatic rings. The third-order valence-corrected chi connectivity index (χ3v) is 18.6. The lowest BCUT2D eigenvalue weighted by Crippen LogP contribution is -2.45. The summed E-state index contributed by atoms with van der Waals surface area (Å²) in [5.41, 5.74) is 1.67. The number of nitrogens with zero attached hydrogens (tertiary/aromatic N) is 2. The van der Waals surface area contributed by atoms with E-state index in [9.17, 15) is 24.6 Å². The maximum absolute atomic E-state index is 13.1. The molecular weight excluding hydrogens is 805 g/mol. The Bertz CT molecular complexity index is 2460. The van der Waals surface area contributed by atoms with E-state index in [4.69, 9.17) is 13.6 Å². The van der Waals surface area contributed by atoms with E-state index in [-0.39, 0.29) is 34.6 Å². The summed E-state index contributed by atoms with van der Waals surface area (Å²) >= 11 is 2.80. The molecule has 1 saturated carbocycles. The van der Waals surface area contributed by atoms with E-state index in [1.807, 2.05) is 59.3 Å². The highest BCUT2D eigenvalue weighted by Gasteiger charge is 2.48. The Hall–Kier alpha value is -4.35. The van der Waals surface area contributed by atoms with Crippen LogP contribution in [0.15, 0.2) is 91.5 Å². The summed E-state index contributed by atoms with van der Waals surface area (Å²) in [5.74, 6) is -1.39. The number of phenols is 1. The van der Waals surface area contributed by atoms with Gasteiger partial charge >= 0.3 is 11.7 Å². The van der Waals surface area contributed by atoms with E-state index >= 15 is 0 Å². The molecule has 0 amide bonds. The van der Waals surface area contributed by atoms with Gasteiger partial charge in [0.25, 0.3) is 0 Å². The molecule has 2 aromatic carbocycles. The first-order valence-corrected chi connectivity index (χ1v) is 24.8. The Morgan fingerprint density at radius 3 is 2.34 bits per heavy atom. The molecule has 1 atom stereocenters. The zero-order chi connectivity index (χ0) is 42.1. The third kappa shape index (κ3) is 8.92. The standard InChI is InChI=1S/C44H54N4O8S2Si/c1-43(2,3)59(5,6)56-36(31-16-19-34(49)40-32(31)17-20-39(50)46-40)27-45-26-28-11-18-33-35(25-28)54-42(53)48(33)22-21-47(4)29-12-14-30(15-13-29)55-44(41(51)52,37-9-7-23-57-37)38-10-8-24-58-38/h7-11,16-20,23-25,29-30,36,45,49H,12-15,21-22,26-27H2,1-6H3,(H,46,50)(H,51,52)/t29?,30?,36-/m0/s1. The van der Waals surface area contributed by atoms with Crippen LogP contribution < -0.4 is 16.6 Å². The van der Waals surface area contributed by atoms with E-state index in [1.54, 1.807) is 16.7 Å². The van der Waals surface area contributed by atoms with Gasteiger partial charge in [0.1, 0.15) is 5.75 Å². The molecule has 1 aliphatic carbocycles. The number of aromatic nitrogens is 2. The number of rotatable bonds is 16. The predicted octanol–water partition coefficient (Wildman–Crippen LogP) is 8.41. The number of carboxylic acids is 1. The Labute approximate surface area is 352 Å². The molecule has 0 radical (unpaired) electrons. The van der Waals surface area contributed by atoms with Crippen LogP contribution in [0.5, 0.6) is 5.75 Å². The number of nitrogens with one attached hydrogen (secondary N) is 2. The molecule has 59 heavy (non-hydrogen) atoms. The monoisotopic (exact) mass is 858 g/mol. The summed E-state index contributed by atoms with van der Waals surface area (Å²) in [6.07, 6.45) is 2.63. The lowest BCUT2D eigenvalue weighted by Gasteiger charge is -2.39. The summed E-state index contributed by atoms with van der Waals surface area (Å²) in [6.45, 7) is 13.1. The highest BCUT2D eigenvalue weighted by Crippen LogP contribution is 2.43. The molecule has 1 aliphatic rings. The number of carbonyl (C=O) groups is 1. The number of benzene rings is 2. The SMILES string of the molecule is CN(CCn1c(=O)oc2cc(CNC[C@H](O[Si](C)(C)C(C)(C)C)c3ccc(O)c4[nH]c(=O)ccc34)ccc21)C1CCC(OC(C(=O)O)(c2cccs2)c2cccs2)CC1. The van der Waals surface area contributed by atoms with Gasteiger partial charge < -0.3 is 39.0 Å². The summed E-state index contributed by atoms with van der Waals surface area (Å²) in [7, 11) is -0.175. The van der Waals surface area contributed by atoms with Gasteiger partial charge in [-0.1, -0.05) is 45.0 Å². The van der Waals surface area contributed by atoms with Gasteiger partial charge in [-0.25, -0.2) is 9.59 Å². The number of hydrogen-bond acceptors (Lipinski definition) is 11. The van der Waals surface area contributed by atoms with Crippen LogP contribution in [0.4, 0.5) is 0 Å². The van der Waals surface area contributed by atoms with Crippen molar-refractivity contribution in [3.63, 3.8) is 0 Å². The van der Waals surface area contributed by atoms with Crippen LogP contribution in [0.3, 0.4) is 0 Å². The average Bonchev–Trinajstić information content (AvgIpc) is 3.99. The first-order chi connectivity index (χ1) is 28.1. The third-order valence-electron chi connectivity index (χ3n) is 12.2. The van der Waals surface area contributed by atoms with Crippen LogP contribution in [0.2, 0.25) is 18.1 Å². The fraction of sp³-hybridized carbons (Fsp3) is 0.432. The van der Waals surface area contributed by atoms with Crippen molar-refractivity contribution in [2.75, 3.05) is 20.1 Å². The molecule has 4 heterocycles. The lowest BCUT2D eigenvalue weighted by atomic mass is 9.90. The second kappa shape index (κ2) is 17.3. The summed E-state index contributed by atoms with van der Waals surface area (Å²) in [6, 6.07) is 20.2. The molecule has 314 valence electrons. The molecule has 1 fully saturated rings. The fourth-order valence-electron chi connectivity index (χ4n) is 7.82. The minimum absolute atomic E-state index is 0.00688. The second-order valence-electron chi connectivity index (χ2n) is 17.1. The first-order valence-electron chi connectivity index (χ1n) is 20.1. The van der Waals surface area contributed by atoms with Crippen molar-refractivity contribution in [3.8, 4) is 5.75 Å². The van der Waals surface area contributed by atoms with Crippen molar-refractivity contribution < 1.29 is 28.6 Å². The first kappa shape index (κ1) is 42.8. The number of oxazole rings is 1. The largest absolute Gasteiger partial charge is 0.506 e. The van der Waals surface area contributed by atoms with Crippen LogP contribution in [0.1, 0.15) is 73.4 Å². The molecule has 15 heteroatoms. The number of pyridine rings is 1. The number of likely N-dealkylation sites (N-methyl/N-ethyl adjacent to an activating group) is 1. The number of H-pyrrole nitrogens is 1. The molecule has 0 spiro atoms. The van der Waals surface area contributed by atoms with Gasteiger partial charge in [0.15, 0.2) is 13.9 Å². The smallest absolute Gasteiger partial charge is 0.419 e. The number of hydrogen-bond donors (Lipinski definition) is 4. The molecule has 0 unspecified atom stereocenters. The molecule has 0 saturated heterocycles. The highest BCUT2D eigenvalue weighted by atomic mass is 32.1. The van der Waals surface area contributed by atoms with Crippen molar-refractivity contribution in [1.29, 1.82) is 0 Å². The molecule has 0 bridgehead atoms. The minimum Gasteiger partial charge on any atom is -0.506 e. The molecular formula is C44H54N4O8S2Si. The van der Waals surface area contributed by atoms with Crippen LogP contribution in [0, 0.1) is 0 Å². The summed E-state index contributed by atoms with van der Waals surface area (Å²) in [4.78, 5) is 44.5. The summed E-state index contributed by atoms with van der Waals surface area (Å²) < 4.78 is 21.0. The van der Waals surface area contributed by atoms with Gasteiger partial charge in [-0.15, -0.1) is 22.7 Å². The normalized spacial score (nSPS) is 17.3. The maximum Gasteiger partial charge on any atom is 0.419 e. The van der Waals surface area contributed by atoms with Gasteiger partial charge in [0.05, 0.1) is 33.0 Å². The van der Waals surface area contributed by atoms with Gasteiger partial charge in [0, 0.05) is 43.7 Å². The van der Waals surface area contributed by atoms with Gasteiger partial charge in [0.2, 0.25) is 11.2 Å². The van der Waals surface area contributed by atoms with Crippen molar-refractivity contribution in [2.24, 2.45) is 0 Å². The van der Waals surface area contributed by atoms with E-state index in [2.05, 4.69) is 56.1 Å². The number of aromatic hydroxyl groups is 1. The van der Waals surface area contributed by atoms with Crippen molar-refractivity contribution in [3.05, 3.63) is 119 Å². The number of aromatic amines is 1. The molecule has 4 N–H and O–H groups in total. The lowest BCUT2D eigenvalue weighted by molar-refractivity contribution is -0.170. The van der Waals surface area contributed by atoms with Gasteiger partial charge in [-0.3, -0.25) is 9.36 Å². The number of fused-ring (bicyclic) bond motifs is 2. The number of thiophene rings is 2. The average molecular weight is 859 g/mol. The van der Waals surface area contributed by atoms with Crippen LogP contribution in [0.25, 0.3) is 22.0 Å². The number of phenolic OH excluding ortho intramolecular Hbond substituents is 1. The minimum atomic E-state index is -2.25. The number of carboxylic acid groups (broad SMARTS) is 1. The predicted molar refractivity (Wildman–Crippen MR) is 236 cm³/mol. The van der Waals surface area contributed by atoms with Gasteiger partial charge in [-0.05, 0) is 109 Å². The van der Waals surface area contributed by atoms with Crippen molar-refractivity contribution >= 4 is 59.0 Å². The molecule has 12 nitrogen and oxygen atoms in total. The zero-order valence-corrected chi connectivity index (χ0v) is 37.1. The maximum atomic E-state index is 13.1. The van der Waals surface area contributed by atoms with Crippen LogP contribution >= 0.6 is 22.7 Å². The van der Waals surface area contributed by atoms with Crippen LogP contribution in [-0.2, 0) is 32.6 Å². The van der Waals surface area contributed by atoms with E-state index < -0.39 is 25.6 Å². The Morgan fingerprint density at radius 2 is 1.71 bits per heavy atom. The van der Waals surface area contributed by atoms with Crippen LogP contribution in [-0.4, -0.2) is 71.2 Å². The molecule has 7 rings (SSSR count). The molecule has 0 aliphatic heterocycles. The molecule has 4 aromatic heterocycles. The van der Waals surface area contributed by atoms with E-state index in [0.717, 1.165) is 47.7 Å².